The molecule has 1 aromatic carbocycles. The number of carbonyl (C=O) groups is 2. The van der Waals surface area contributed by atoms with Crippen LogP contribution in [0.4, 0.5) is 16.3 Å². The zero-order chi connectivity index (χ0) is 24.5. The van der Waals surface area contributed by atoms with Gasteiger partial charge < -0.3 is 19.9 Å². The molecule has 1 N–H and O–H groups in total. The number of benzene rings is 1. The van der Waals surface area contributed by atoms with E-state index in [-0.39, 0.29) is 24.1 Å². The maximum atomic E-state index is 12.7. The summed E-state index contributed by atoms with van der Waals surface area (Å²) in [6, 6.07) is 7.16. The summed E-state index contributed by atoms with van der Waals surface area (Å²) in [5, 5.41) is 3.30. The smallest absolute Gasteiger partial charge is 0.410 e. The molecule has 0 spiro atoms. The second-order valence-corrected chi connectivity index (χ2v) is 10.7. The van der Waals surface area contributed by atoms with Gasteiger partial charge in [0.2, 0.25) is 0 Å². The first kappa shape index (κ1) is 25.3. The number of nitrogens with zero attached hydrogens (tertiary/aromatic N) is 3. The molecule has 0 saturated carbocycles. The fraction of sp³-hybridized carbons (Fsp3) is 0.458. The first-order chi connectivity index (χ1) is 15.4. The van der Waals surface area contributed by atoms with Gasteiger partial charge in [-0.15, -0.1) is 0 Å². The number of anilines is 2. The van der Waals surface area contributed by atoms with E-state index in [1.807, 2.05) is 53.7 Å². The number of halogens is 2. The van der Waals surface area contributed by atoms with E-state index >= 15 is 0 Å². The predicted molar refractivity (Wildman–Crippen MR) is 135 cm³/mol. The van der Waals surface area contributed by atoms with Gasteiger partial charge in [-0.25, -0.2) is 9.78 Å². The maximum absolute atomic E-state index is 12.7. The summed E-state index contributed by atoms with van der Waals surface area (Å²) in [7, 11) is 0. The number of aryl methyl sites for hydroxylation is 1. The lowest BCUT2D eigenvalue weighted by molar-refractivity contribution is 0.0129. The van der Waals surface area contributed by atoms with Crippen molar-refractivity contribution in [2.24, 2.45) is 0 Å². The van der Waals surface area contributed by atoms with Gasteiger partial charge in [-0.3, -0.25) is 4.79 Å². The van der Waals surface area contributed by atoms with E-state index in [1.165, 1.54) is 0 Å². The molecule has 2 aromatic rings. The van der Waals surface area contributed by atoms with Crippen molar-refractivity contribution in [3.05, 3.63) is 51.1 Å². The number of nitrogens with one attached hydrogen (secondary N) is 1. The molecule has 1 saturated heterocycles. The van der Waals surface area contributed by atoms with Crippen molar-refractivity contribution in [1.82, 2.24) is 9.88 Å². The van der Waals surface area contributed by atoms with Crippen LogP contribution in [0.15, 0.2) is 34.9 Å². The van der Waals surface area contributed by atoms with Gasteiger partial charge in [-0.2, -0.15) is 0 Å². The van der Waals surface area contributed by atoms with Crippen LogP contribution >= 0.6 is 27.5 Å². The highest BCUT2D eigenvalue weighted by molar-refractivity contribution is 9.10. The third-order valence-corrected chi connectivity index (χ3v) is 6.58. The molecule has 1 aromatic heterocycles. The molecule has 0 radical (unpaired) electrons. The molecule has 2 heterocycles. The van der Waals surface area contributed by atoms with Crippen LogP contribution in [0.2, 0.25) is 5.02 Å². The highest BCUT2D eigenvalue weighted by Crippen LogP contribution is 2.29. The molecule has 1 fully saturated rings. The van der Waals surface area contributed by atoms with E-state index in [2.05, 4.69) is 31.1 Å². The first-order valence-electron chi connectivity index (χ1n) is 10.8. The van der Waals surface area contributed by atoms with Crippen molar-refractivity contribution in [3.63, 3.8) is 0 Å². The fourth-order valence-electron chi connectivity index (χ4n) is 3.66. The van der Waals surface area contributed by atoms with Crippen LogP contribution in [0.5, 0.6) is 0 Å². The zero-order valence-corrected chi connectivity index (χ0v) is 22.1. The summed E-state index contributed by atoms with van der Waals surface area (Å²) in [6.45, 7) is 12.7. The average molecular weight is 538 g/mol. The lowest BCUT2D eigenvalue weighted by Gasteiger charge is -2.44. The standard InChI is InChI=1S/C24H30BrClN4O3/c1-14-9-20(19(26)10-18(14)25)28-22(31)17-7-8-21(27-11-17)29-12-16(3)30(13-15(29)2)23(32)33-24(4,5)6/h7-11,15-16H,12-13H2,1-6H3,(H,28,31)/t15-,16+/m1/s1. The number of rotatable bonds is 3. The molecule has 0 bridgehead atoms. The van der Waals surface area contributed by atoms with Crippen LogP contribution in [-0.2, 0) is 4.74 Å². The van der Waals surface area contributed by atoms with Gasteiger partial charge in [0.1, 0.15) is 11.4 Å². The fourth-order valence-corrected chi connectivity index (χ4v) is 4.34. The number of ether oxygens (including phenoxy) is 1. The Morgan fingerprint density at radius 1 is 1.18 bits per heavy atom. The Balaban J connectivity index is 1.68. The van der Waals surface area contributed by atoms with Crippen molar-refractivity contribution in [1.29, 1.82) is 0 Å². The SMILES string of the molecule is Cc1cc(NC(=O)c2ccc(N3C[C@H](C)N(C(=O)OC(C)(C)C)C[C@H]3C)nc2)c(Cl)cc1Br. The van der Waals surface area contributed by atoms with Crippen LogP contribution in [0.1, 0.15) is 50.5 Å². The quantitative estimate of drug-likeness (QED) is 0.528. The molecule has 7 nitrogen and oxygen atoms in total. The predicted octanol–water partition coefficient (Wildman–Crippen LogP) is 5.89. The third-order valence-electron chi connectivity index (χ3n) is 5.41. The summed E-state index contributed by atoms with van der Waals surface area (Å²) < 4.78 is 6.43. The summed E-state index contributed by atoms with van der Waals surface area (Å²) in [5.74, 6) is 0.473. The van der Waals surface area contributed by atoms with Gasteiger partial charge in [0.25, 0.3) is 5.91 Å². The van der Waals surface area contributed by atoms with Crippen LogP contribution < -0.4 is 10.2 Å². The molecular formula is C24H30BrClN4O3. The van der Waals surface area contributed by atoms with Crippen LogP contribution in [0, 0.1) is 6.92 Å². The number of aromatic nitrogens is 1. The molecule has 2 atom stereocenters. The number of amides is 2. The Bertz CT molecular complexity index is 1040. The molecule has 9 heteroatoms. The van der Waals surface area contributed by atoms with Gasteiger partial charge in [-0.1, -0.05) is 27.5 Å². The summed E-state index contributed by atoms with van der Waals surface area (Å²) in [5.41, 5.74) is 1.42. The Morgan fingerprint density at radius 2 is 1.88 bits per heavy atom. The summed E-state index contributed by atoms with van der Waals surface area (Å²) in [6.07, 6.45) is 1.25. The lowest BCUT2D eigenvalue weighted by atomic mass is 10.1. The Hall–Kier alpha value is -2.32. The number of pyridine rings is 1. The van der Waals surface area contributed by atoms with Crippen LogP contribution in [-0.4, -0.2) is 52.7 Å². The summed E-state index contributed by atoms with van der Waals surface area (Å²) >= 11 is 9.68. The number of carbonyl (C=O) groups excluding carboxylic acids is 2. The largest absolute Gasteiger partial charge is 0.444 e. The second-order valence-electron chi connectivity index (χ2n) is 9.42. The Labute approximate surface area is 208 Å². The maximum Gasteiger partial charge on any atom is 0.410 e. The number of hydrogen-bond donors (Lipinski definition) is 1. The van der Waals surface area contributed by atoms with Crippen LogP contribution in [0.3, 0.4) is 0 Å². The molecule has 33 heavy (non-hydrogen) atoms. The van der Waals surface area contributed by atoms with Crippen molar-refractivity contribution >= 4 is 51.0 Å². The van der Waals surface area contributed by atoms with Gasteiger partial charge in [-0.05, 0) is 71.4 Å². The Kier molecular flexibility index (Phi) is 7.59. The second kappa shape index (κ2) is 9.89. The monoisotopic (exact) mass is 536 g/mol. The van der Waals surface area contributed by atoms with Gasteiger partial charge in [0.15, 0.2) is 0 Å². The van der Waals surface area contributed by atoms with Gasteiger partial charge in [0, 0.05) is 35.8 Å². The van der Waals surface area contributed by atoms with Gasteiger partial charge in [0.05, 0.1) is 16.3 Å². The van der Waals surface area contributed by atoms with E-state index in [9.17, 15) is 9.59 Å². The topological polar surface area (TPSA) is 74.8 Å². The Morgan fingerprint density at radius 3 is 2.48 bits per heavy atom. The summed E-state index contributed by atoms with van der Waals surface area (Å²) in [4.78, 5) is 33.7. The number of hydrogen-bond acceptors (Lipinski definition) is 5. The zero-order valence-electron chi connectivity index (χ0n) is 19.8. The highest BCUT2D eigenvalue weighted by Gasteiger charge is 2.35. The minimum Gasteiger partial charge on any atom is -0.444 e. The normalized spacial score (nSPS) is 18.8. The molecular weight excluding hydrogens is 508 g/mol. The van der Waals surface area contributed by atoms with Crippen LogP contribution in [0.25, 0.3) is 0 Å². The molecule has 0 unspecified atom stereocenters. The van der Waals surface area contributed by atoms with E-state index < -0.39 is 5.60 Å². The molecule has 178 valence electrons. The minimum absolute atomic E-state index is 0.0383. The molecule has 2 amide bonds. The van der Waals surface area contributed by atoms with E-state index in [4.69, 9.17) is 16.3 Å². The average Bonchev–Trinajstić information content (AvgIpc) is 2.72. The highest BCUT2D eigenvalue weighted by atomic mass is 79.9. The van der Waals surface area contributed by atoms with E-state index in [0.717, 1.165) is 15.9 Å². The molecule has 1 aliphatic rings. The lowest BCUT2D eigenvalue weighted by Crippen LogP contribution is -2.59. The van der Waals surface area contributed by atoms with E-state index in [1.54, 1.807) is 23.2 Å². The molecule has 1 aliphatic heterocycles. The van der Waals surface area contributed by atoms with Crippen molar-refractivity contribution in [3.8, 4) is 0 Å². The van der Waals surface area contributed by atoms with Crippen molar-refractivity contribution in [2.45, 2.75) is 59.2 Å². The third kappa shape index (κ3) is 6.18. The molecule has 0 aliphatic carbocycles. The first-order valence-corrected chi connectivity index (χ1v) is 12.0. The van der Waals surface area contributed by atoms with Crippen molar-refractivity contribution < 1.29 is 14.3 Å². The minimum atomic E-state index is -0.533. The van der Waals surface area contributed by atoms with Gasteiger partial charge >= 0.3 is 6.09 Å². The van der Waals surface area contributed by atoms with E-state index in [0.29, 0.717) is 29.4 Å². The van der Waals surface area contributed by atoms with Crippen molar-refractivity contribution in [2.75, 3.05) is 23.3 Å². The molecule has 3 rings (SSSR count). The number of piperazine rings is 1.